The van der Waals surface area contributed by atoms with Crippen LogP contribution in [0.25, 0.3) is 0 Å². The minimum absolute atomic E-state index is 0.234. The average Bonchev–Trinajstić information content (AvgIpc) is 2.97. The molecular weight excluding hydrogens is 236 g/mol. The normalized spacial score (nSPS) is 32.5. The Morgan fingerprint density at radius 2 is 2.00 bits per heavy atom. The molecule has 1 saturated heterocycles. The number of amides is 1. The van der Waals surface area contributed by atoms with E-state index in [2.05, 4.69) is 34.9 Å². The third kappa shape index (κ3) is 1.88. The number of fused-ring (bicyclic) bond motifs is 3. The first kappa shape index (κ1) is 11.5. The standard InChI is InChI=1S/C16H20N2O/c19-16(10-5-7-17-8-6-10)18-15-13-9-11-3-1-2-4-12(11)14(13)15/h1-4,10,13-15,17H,5-9H2,(H,18,19). The zero-order valence-electron chi connectivity index (χ0n) is 11.1. The molecule has 2 fully saturated rings. The van der Waals surface area contributed by atoms with Gasteiger partial charge in [0.05, 0.1) is 0 Å². The van der Waals surface area contributed by atoms with E-state index in [1.54, 1.807) is 0 Å². The van der Waals surface area contributed by atoms with E-state index in [1.165, 1.54) is 11.1 Å². The van der Waals surface area contributed by atoms with E-state index in [9.17, 15) is 4.79 Å². The Hall–Kier alpha value is -1.35. The molecule has 1 heterocycles. The summed E-state index contributed by atoms with van der Waals surface area (Å²) in [5, 5.41) is 6.61. The van der Waals surface area contributed by atoms with Crippen LogP contribution in [0.4, 0.5) is 0 Å². The lowest BCUT2D eigenvalue weighted by molar-refractivity contribution is -0.126. The molecule has 19 heavy (non-hydrogen) atoms. The van der Waals surface area contributed by atoms with Crippen molar-refractivity contribution < 1.29 is 4.79 Å². The molecule has 3 heteroatoms. The van der Waals surface area contributed by atoms with Crippen molar-refractivity contribution in [1.29, 1.82) is 0 Å². The molecule has 0 aromatic heterocycles. The minimum Gasteiger partial charge on any atom is -0.352 e. The van der Waals surface area contributed by atoms with Crippen LogP contribution in [0.5, 0.6) is 0 Å². The molecule has 4 rings (SSSR count). The molecule has 0 bridgehead atoms. The monoisotopic (exact) mass is 256 g/mol. The molecule has 0 spiro atoms. The molecule has 3 atom stereocenters. The zero-order chi connectivity index (χ0) is 12.8. The Balaban J connectivity index is 1.41. The summed E-state index contributed by atoms with van der Waals surface area (Å²) in [6.45, 7) is 1.97. The summed E-state index contributed by atoms with van der Waals surface area (Å²) in [7, 11) is 0. The summed E-state index contributed by atoms with van der Waals surface area (Å²) < 4.78 is 0. The van der Waals surface area contributed by atoms with Gasteiger partial charge < -0.3 is 10.6 Å². The number of nitrogens with one attached hydrogen (secondary N) is 2. The highest BCUT2D eigenvalue weighted by atomic mass is 16.2. The highest BCUT2D eigenvalue weighted by molar-refractivity contribution is 5.80. The van der Waals surface area contributed by atoms with Gasteiger partial charge in [0.2, 0.25) is 5.91 Å². The number of piperidine rings is 1. The first-order chi connectivity index (χ1) is 9.34. The molecule has 2 N–H and O–H groups in total. The topological polar surface area (TPSA) is 41.1 Å². The fraction of sp³-hybridized carbons (Fsp3) is 0.562. The van der Waals surface area contributed by atoms with Crippen LogP contribution in [0.3, 0.4) is 0 Å². The minimum atomic E-state index is 0.234. The van der Waals surface area contributed by atoms with E-state index in [0.29, 0.717) is 23.8 Å². The SMILES string of the molecule is O=C(NC1C2Cc3ccccc3C21)C1CCNCC1. The van der Waals surface area contributed by atoms with Crippen molar-refractivity contribution in [2.45, 2.75) is 31.2 Å². The third-order valence-corrected chi connectivity index (χ3v) is 5.06. The van der Waals surface area contributed by atoms with Gasteiger partial charge in [-0.1, -0.05) is 24.3 Å². The van der Waals surface area contributed by atoms with Gasteiger partial charge in [-0.25, -0.2) is 0 Å². The van der Waals surface area contributed by atoms with E-state index < -0.39 is 0 Å². The smallest absolute Gasteiger partial charge is 0.223 e. The molecule has 1 aliphatic heterocycles. The molecule has 1 amide bonds. The fourth-order valence-corrected chi connectivity index (χ4v) is 3.91. The molecule has 0 radical (unpaired) electrons. The van der Waals surface area contributed by atoms with Gasteiger partial charge in [-0.15, -0.1) is 0 Å². The first-order valence-corrected chi connectivity index (χ1v) is 7.43. The lowest BCUT2D eigenvalue weighted by Gasteiger charge is -2.22. The van der Waals surface area contributed by atoms with Crippen molar-refractivity contribution in [2.75, 3.05) is 13.1 Å². The van der Waals surface area contributed by atoms with E-state index in [-0.39, 0.29) is 5.92 Å². The molecule has 1 saturated carbocycles. The van der Waals surface area contributed by atoms with Crippen LogP contribution in [-0.2, 0) is 11.2 Å². The summed E-state index contributed by atoms with van der Waals surface area (Å²) >= 11 is 0. The quantitative estimate of drug-likeness (QED) is 0.840. The number of hydrogen-bond acceptors (Lipinski definition) is 2. The van der Waals surface area contributed by atoms with Gasteiger partial charge in [0.25, 0.3) is 0 Å². The van der Waals surface area contributed by atoms with E-state index in [4.69, 9.17) is 0 Å². The lowest BCUT2D eigenvalue weighted by Crippen LogP contribution is -2.40. The summed E-state index contributed by atoms with van der Waals surface area (Å²) in [5.41, 5.74) is 2.97. The number of hydrogen-bond donors (Lipinski definition) is 2. The Bertz CT molecular complexity index is 507. The van der Waals surface area contributed by atoms with Crippen LogP contribution in [0.1, 0.15) is 29.9 Å². The molecule has 3 unspecified atom stereocenters. The van der Waals surface area contributed by atoms with Crippen molar-refractivity contribution in [3.8, 4) is 0 Å². The molecule has 2 aliphatic carbocycles. The number of benzene rings is 1. The van der Waals surface area contributed by atoms with Crippen molar-refractivity contribution in [2.24, 2.45) is 11.8 Å². The van der Waals surface area contributed by atoms with Gasteiger partial charge in [-0.2, -0.15) is 0 Å². The van der Waals surface area contributed by atoms with Gasteiger partial charge in [-0.3, -0.25) is 4.79 Å². The molecule has 100 valence electrons. The van der Waals surface area contributed by atoms with Crippen LogP contribution in [0.2, 0.25) is 0 Å². The maximum Gasteiger partial charge on any atom is 0.223 e. The molecule has 1 aromatic rings. The van der Waals surface area contributed by atoms with Crippen molar-refractivity contribution in [1.82, 2.24) is 10.6 Å². The lowest BCUT2D eigenvalue weighted by atomic mass is 9.97. The van der Waals surface area contributed by atoms with Crippen molar-refractivity contribution in [3.05, 3.63) is 35.4 Å². The van der Waals surface area contributed by atoms with Crippen LogP contribution < -0.4 is 10.6 Å². The van der Waals surface area contributed by atoms with Gasteiger partial charge in [0.1, 0.15) is 0 Å². The first-order valence-electron chi connectivity index (χ1n) is 7.43. The molecule has 3 nitrogen and oxygen atoms in total. The average molecular weight is 256 g/mol. The summed E-state index contributed by atoms with van der Waals surface area (Å²) in [6, 6.07) is 9.11. The van der Waals surface area contributed by atoms with Crippen LogP contribution in [-0.4, -0.2) is 25.0 Å². The number of carbonyl (C=O) groups is 1. The highest BCUT2D eigenvalue weighted by Crippen LogP contribution is 2.56. The second-order valence-electron chi connectivity index (χ2n) is 6.15. The van der Waals surface area contributed by atoms with Crippen LogP contribution in [0.15, 0.2) is 24.3 Å². The van der Waals surface area contributed by atoms with Gasteiger partial charge in [0, 0.05) is 17.9 Å². The third-order valence-electron chi connectivity index (χ3n) is 5.06. The van der Waals surface area contributed by atoms with E-state index in [1.807, 2.05) is 0 Å². The Kier molecular flexibility index (Phi) is 2.62. The predicted octanol–water partition coefficient (Wildman–Crippen LogP) is 1.44. The van der Waals surface area contributed by atoms with E-state index in [0.717, 1.165) is 32.4 Å². The Morgan fingerprint density at radius 3 is 2.84 bits per heavy atom. The molecule has 3 aliphatic rings. The summed E-state index contributed by atoms with van der Waals surface area (Å²) in [6.07, 6.45) is 3.13. The zero-order valence-corrected chi connectivity index (χ0v) is 11.1. The predicted molar refractivity (Wildman–Crippen MR) is 73.9 cm³/mol. The Morgan fingerprint density at radius 1 is 1.21 bits per heavy atom. The maximum atomic E-state index is 12.3. The molecule has 1 aromatic carbocycles. The Labute approximate surface area is 113 Å². The van der Waals surface area contributed by atoms with Gasteiger partial charge >= 0.3 is 0 Å². The van der Waals surface area contributed by atoms with Gasteiger partial charge in [-0.05, 0) is 49.4 Å². The largest absolute Gasteiger partial charge is 0.352 e. The second kappa shape index (κ2) is 4.34. The summed E-state index contributed by atoms with van der Waals surface area (Å²) in [5.74, 6) is 1.79. The highest BCUT2D eigenvalue weighted by Gasteiger charge is 2.56. The number of carbonyl (C=O) groups excluding carboxylic acids is 1. The van der Waals surface area contributed by atoms with Crippen molar-refractivity contribution in [3.63, 3.8) is 0 Å². The second-order valence-corrected chi connectivity index (χ2v) is 6.15. The molecular formula is C16H20N2O. The fourth-order valence-electron chi connectivity index (χ4n) is 3.91. The van der Waals surface area contributed by atoms with E-state index >= 15 is 0 Å². The van der Waals surface area contributed by atoms with Gasteiger partial charge in [0.15, 0.2) is 0 Å². The summed E-state index contributed by atoms with van der Waals surface area (Å²) in [4.78, 5) is 12.3. The number of rotatable bonds is 2. The van der Waals surface area contributed by atoms with Crippen LogP contribution in [0, 0.1) is 11.8 Å². The van der Waals surface area contributed by atoms with Crippen LogP contribution >= 0.6 is 0 Å². The maximum absolute atomic E-state index is 12.3. The van der Waals surface area contributed by atoms with Crippen molar-refractivity contribution >= 4 is 5.91 Å².